The Bertz CT molecular complexity index is 492. The highest BCUT2D eigenvalue weighted by Gasteiger charge is 2.24. The second-order valence-electron chi connectivity index (χ2n) is 3.39. The lowest BCUT2D eigenvalue weighted by atomic mass is 9.82. The summed E-state index contributed by atoms with van der Waals surface area (Å²) in [6.07, 6.45) is 1.52. The SMILES string of the molecule is Cn1ncc(B(O)OI)c1Oc1ccccc1. The van der Waals surface area contributed by atoms with E-state index < -0.39 is 7.12 Å². The van der Waals surface area contributed by atoms with Gasteiger partial charge in [-0.05, 0) is 12.1 Å². The van der Waals surface area contributed by atoms with Crippen molar-refractivity contribution in [3.05, 3.63) is 36.5 Å². The first-order chi connectivity index (χ1) is 8.22. The maximum Gasteiger partial charge on any atom is 0.507 e. The number of hydrogen-bond acceptors (Lipinski definition) is 4. The Morgan fingerprint density at radius 1 is 1.35 bits per heavy atom. The van der Waals surface area contributed by atoms with Crippen LogP contribution in [-0.2, 0) is 10.0 Å². The van der Waals surface area contributed by atoms with Crippen molar-refractivity contribution in [3.8, 4) is 11.6 Å². The molecule has 0 aliphatic rings. The van der Waals surface area contributed by atoms with Gasteiger partial charge >= 0.3 is 7.12 Å². The Morgan fingerprint density at radius 3 is 2.71 bits per heavy atom. The molecule has 0 radical (unpaired) electrons. The van der Waals surface area contributed by atoms with E-state index in [4.69, 9.17) is 7.72 Å². The third-order valence-corrected chi connectivity index (χ3v) is 2.70. The topological polar surface area (TPSA) is 56.5 Å². The molecule has 0 atom stereocenters. The van der Waals surface area contributed by atoms with Gasteiger partial charge in [0.15, 0.2) is 0 Å². The number of hydrogen-bond donors (Lipinski definition) is 1. The van der Waals surface area contributed by atoms with E-state index in [0.717, 1.165) is 0 Å². The van der Waals surface area contributed by atoms with Crippen LogP contribution >= 0.6 is 23.0 Å². The first-order valence-electron chi connectivity index (χ1n) is 4.92. The predicted octanol–water partition coefficient (Wildman–Crippen LogP) is 1.27. The van der Waals surface area contributed by atoms with Crippen molar-refractivity contribution in [1.29, 1.82) is 0 Å². The molecule has 2 rings (SSSR count). The summed E-state index contributed by atoms with van der Waals surface area (Å²) in [4.78, 5) is 0. The average molecular weight is 344 g/mol. The second-order valence-corrected chi connectivity index (χ2v) is 3.89. The first-order valence-corrected chi connectivity index (χ1v) is 5.80. The molecule has 0 aliphatic heterocycles. The van der Waals surface area contributed by atoms with Gasteiger partial charge in [-0.3, -0.25) is 0 Å². The maximum absolute atomic E-state index is 9.64. The van der Waals surface area contributed by atoms with Crippen LogP contribution in [0.3, 0.4) is 0 Å². The number of benzene rings is 1. The van der Waals surface area contributed by atoms with Crippen molar-refractivity contribution in [1.82, 2.24) is 9.78 Å². The van der Waals surface area contributed by atoms with Gasteiger partial charge in [0.1, 0.15) is 5.75 Å². The summed E-state index contributed by atoms with van der Waals surface area (Å²) in [7, 11) is 0.685. The molecule has 0 fully saturated rings. The summed E-state index contributed by atoms with van der Waals surface area (Å²) in [5.41, 5.74) is 0.491. The van der Waals surface area contributed by atoms with Crippen LogP contribution < -0.4 is 10.2 Å². The van der Waals surface area contributed by atoms with Gasteiger partial charge < -0.3 is 12.7 Å². The molecule has 1 aromatic heterocycles. The molecule has 7 heteroatoms. The van der Waals surface area contributed by atoms with Crippen LogP contribution in [0.4, 0.5) is 0 Å². The summed E-state index contributed by atoms with van der Waals surface area (Å²) >= 11 is 1.63. The molecule has 1 heterocycles. The number of halogens is 1. The van der Waals surface area contributed by atoms with Crippen LogP contribution in [0, 0.1) is 0 Å². The van der Waals surface area contributed by atoms with Crippen LogP contribution in [0.15, 0.2) is 36.5 Å². The van der Waals surface area contributed by atoms with Gasteiger partial charge in [-0.1, -0.05) is 18.2 Å². The molecular formula is C10H10BIN2O3. The number of rotatable bonds is 4. The Balaban J connectivity index is 2.29. The predicted molar refractivity (Wildman–Crippen MR) is 72.4 cm³/mol. The van der Waals surface area contributed by atoms with Crippen molar-refractivity contribution in [2.45, 2.75) is 0 Å². The van der Waals surface area contributed by atoms with Gasteiger partial charge in [-0.25, -0.2) is 4.68 Å². The average Bonchev–Trinajstić information content (AvgIpc) is 2.72. The van der Waals surface area contributed by atoms with Gasteiger partial charge in [-0.2, -0.15) is 5.10 Å². The van der Waals surface area contributed by atoms with Crippen molar-refractivity contribution in [2.75, 3.05) is 0 Å². The molecular weight excluding hydrogens is 334 g/mol. The van der Waals surface area contributed by atoms with Gasteiger partial charge in [0.2, 0.25) is 5.88 Å². The quantitative estimate of drug-likeness (QED) is 0.671. The van der Waals surface area contributed by atoms with Gasteiger partial charge in [-0.15, -0.1) is 0 Å². The lowest BCUT2D eigenvalue weighted by Gasteiger charge is -2.08. The summed E-state index contributed by atoms with van der Waals surface area (Å²) in [5, 5.41) is 13.7. The largest absolute Gasteiger partial charge is 0.507 e. The van der Waals surface area contributed by atoms with Crippen molar-refractivity contribution >= 4 is 35.6 Å². The second kappa shape index (κ2) is 5.52. The highest BCUT2D eigenvalue weighted by Crippen LogP contribution is 2.18. The number of ether oxygens (including phenoxy) is 1. The Kier molecular flexibility index (Phi) is 4.03. The van der Waals surface area contributed by atoms with E-state index in [1.54, 1.807) is 34.7 Å². The zero-order valence-corrected chi connectivity index (χ0v) is 11.2. The number of nitrogens with zero attached hydrogens (tertiary/aromatic N) is 2. The van der Waals surface area contributed by atoms with E-state index in [9.17, 15) is 5.02 Å². The van der Waals surface area contributed by atoms with Gasteiger partial charge in [0.25, 0.3) is 0 Å². The van der Waals surface area contributed by atoms with Crippen LogP contribution in [0.5, 0.6) is 11.6 Å². The van der Waals surface area contributed by atoms with E-state index in [2.05, 4.69) is 5.10 Å². The third-order valence-electron chi connectivity index (χ3n) is 2.22. The molecule has 0 aliphatic carbocycles. The van der Waals surface area contributed by atoms with E-state index in [1.165, 1.54) is 6.20 Å². The minimum absolute atomic E-state index is 0.459. The van der Waals surface area contributed by atoms with Crippen LogP contribution in [0.1, 0.15) is 0 Å². The third kappa shape index (κ3) is 2.79. The number of para-hydroxylation sites is 1. The standard InChI is InChI=1S/C10H10BIN2O3/c1-14-10(9(7-13-14)11(15)17-12)16-8-5-3-2-4-6-8/h2-7,15H,1H3. The minimum atomic E-state index is -1.05. The van der Waals surface area contributed by atoms with Gasteiger partial charge in [0, 0.05) is 7.05 Å². The molecule has 2 aromatic rings. The van der Waals surface area contributed by atoms with Crippen LogP contribution in [0.25, 0.3) is 0 Å². The molecule has 0 saturated heterocycles. The number of aromatic nitrogens is 2. The fourth-order valence-corrected chi connectivity index (χ4v) is 1.66. The molecule has 1 N–H and O–H groups in total. The lowest BCUT2D eigenvalue weighted by molar-refractivity contribution is 0.429. The normalized spacial score (nSPS) is 10.3. The molecule has 0 saturated carbocycles. The van der Waals surface area contributed by atoms with Crippen molar-refractivity contribution < 1.29 is 12.7 Å². The fraction of sp³-hybridized carbons (Fsp3) is 0.100. The van der Waals surface area contributed by atoms with E-state index in [0.29, 0.717) is 17.1 Å². The Hall–Kier alpha value is -1.06. The highest BCUT2D eigenvalue weighted by atomic mass is 127. The summed E-state index contributed by atoms with van der Waals surface area (Å²) < 4.78 is 12.0. The monoisotopic (exact) mass is 344 g/mol. The summed E-state index contributed by atoms with van der Waals surface area (Å²) in [6.45, 7) is 0. The summed E-state index contributed by atoms with van der Waals surface area (Å²) in [5.74, 6) is 1.14. The van der Waals surface area contributed by atoms with Crippen LogP contribution in [0.2, 0.25) is 0 Å². The fourth-order valence-electron chi connectivity index (χ4n) is 1.39. The highest BCUT2D eigenvalue weighted by molar-refractivity contribution is 14.1. The van der Waals surface area contributed by atoms with Gasteiger partial charge in [0.05, 0.1) is 34.7 Å². The zero-order chi connectivity index (χ0) is 12.3. The van der Waals surface area contributed by atoms with Crippen LogP contribution in [-0.4, -0.2) is 21.9 Å². The van der Waals surface area contributed by atoms with E-state index in [1.807, 2.05) is 30.3 Å². The Labute approximate surface area is 113 Å². The van der Waals surface area contributed by atoms with E-state index >= 15 is 0 Å². The van der Waals surface area contributed by atoms with Crippen molar-refractivity contribution in [3.63, 3.8) is 0 Å². The molecule has 0 unspecified atom stereocenters. The van der Waals surface area contributed by atoms with Crippen molar-refractivity contribution in [2.24, 2.45) is 7.05 Å². The molecule has 88 valence electrons. The maximum atomic E-state index is 9.64. The molecule has 5 nitrogen and oxygen atoms in total. The van der Waals surface area contributed by atoms with E-state index in [-0.39, 0.29) is 0 Å². The summed E-state index contributed by atoms with van der Waals surface area (Å²) in [6, 6.07) is 9.30. The number of aryl methyl sites for hydroxylation is 1. The lowest BCUT2D eigenvalue weighted by Crippen LogP contribution is -2.30. The smallest absolute Gasteiger partial charge is 0.440 e. The molecule has 0 bridgehead atoms. The molecule has 0 amide bonds. The molecule has 1 aromatic carbocycles. The zero-order valence-electron chi connectivity index (χ0n) is 9.08. The minimum Gasteiger partial charge on any atom is -0.440 e. The Morgan fingerprint density at radius 2 is 2.06 bits per heavy atom. The molecule has 17 heavy (non-hydrogen) atoms. The first kappa shape index (κ1) is 12.4. The molecule has 0 spiro atoms.